The Kier molecular flexibility index (Phi) is 52.4. The molecule has 0 heterocycles. The molecule has 6 heteroatoms. The van der Waals surface area contributed by atoms with Gasteiger partial charge in [0.05, 0.1) is 0 Å². The number of rotatable bonds is 49. The van der Waals surface area contributed by atoms with Gasteiger partial charge in [0.2, 0.25) is 0 Å². The van der Waals surface area contributed by atoms with Crippen LogP contribution in [0.2, 0.25) is 0 Å². The summed E-state index contributed by atoms with van der Waals surface area (Å²) in [7, 11) is 0. The van der Waals surface area contributed by atoms with E-state index in [0.29, 0.717) is 19.3 Å². The van der Waals surface area contributed by atoms with Gasteiger partial charge in [0.25, 0.3) is 0 Å². The molecule has 1 atom stereocenters. The minimum absolute atomic E-state index is 0.117. The van der Waals surface area contributed by atoms with Gasteiger partial charge < -0.3 is 14.2 Å². The maximum atomic E-state index is 12.8. The molecule has 0 N–H and O–H groups in total. The largest absolute Gasteiger partial charge is 0.462 e. The van der Waals surface area contributed by atoms with Crippen LogP contribution in [-0.4, -0.2) is 37.2 Å². The lowest BCUT2D eigenvalue weighted by molar-refractivity contribution is -0.166. The summed E-state index contributed by atoms with van der Waals surface area (Å²) in [5, 5.41) is 0. The Morgan fingerprint density at radius 3 is 0.985 bits per heavy atom. The molecule has 6 nitrogen and oxygen atoms in total. The second-order valence-corrected chi connectivity index (χ2v) is 18.1. The molecular formula is C62H102O6. The van der Waals surface area contributed by atoms with E-state index in [1.54, 1.807) is 0 Å². The molecule has 0 bridgehead atoms. The predicted octanol–water partition coefficient (Wildman–Crippen LogP) is 18.7. The zero-order chi connectivity index (χ0) is 49.3. The molecule has 0 rings (SSSR count). The van der Waals surface area contributed by atoms with Gasteiger partial charge in [0.1, 0.15) is 13.2 Å². The second kappa shape index (κ2) is 55.7. The Morgan fingerprint density at radius 1 is 0.309 bits per heavy atom. The van der Waals surface area contributed by atoms with Crippen molar-refractivity contribution in [1.29, 1.82) is 0 Å². The van der Waals surface area contributed by atoms with Crippen LogP contribution in [-0.2, 0) is 28.6 Å². The van der Waals surface area contributed by atoms with Gasteiger partial charge in [-0.1, -0.05) is 246 Å². The zero-order valence-electron chi connectivity index (χ0n) is 44.1. The first kappa shape index (κ1) is 64.1. The molecule has 0 aliphatic carbocycles. The zero-order valence-corrected chi connectivity index (χ0v) is 44.1. The van der Waals surface area contributed by atoms with Crippen molar-refractivity contribution in [3.05, 3.63) is 109 Å². The highest BCUT2D eigenvalue weighted by molar-refractivity contribution is 5.71. The fourth-order valence-electron chi connectivity index (χ4n) is 7.42. The van der Waals surface area contributed by atoms with Gasteiger partial charge in [-0.2, -0.15) is 0 Å². The van der Waals surface area contributed by atoms with E-state index in [2.05, 4.69) is 118 Å². The molecule has 0 aliphatic rings. The summed E-state index contributed by atoms with van der Waals surface area (Å²) < 4.78 is 16.7. The predicted molar refractivity (Wildman–Crippen MR) is 293 cm³/mol. The van der Waals surface area contributed by atoms with Crippen LogP contribution >= 0.6 is 0 Å². The molecule has 1 unspecified atom stereocenters. The summed E-state index contributed by atoms with van der Waals surface area (Å²) in [6.07, 6.45) is 75.2. The summed E-state index contributed by atoms with van der Waals surface area (Å²) in [5.41, 5.74) is 0. The van der Waals surface area contributed by atoms with Crippen LogP contribution in [0.1, 0.15) is 245 Å². The van der Waals surface area contributed by atoms with Gasteiger partial charge >= 0.3 is 17.9 Å². The highest BCUT2D eigenvalue weighted by Gasteiger charge is 2.19. The minimum Gasteiger partial charge on any atom is -0.462 e. The van der Waals surface area contributed by atoms with Crippen molar-refractivity contribution in [2.45, 2.75) is 252 Å². The SMILES string of the molecule is CC/C=C\C/C=C\C/C=C\C/C=C\C/C=C\CCCCCC(=O)OCC(COC(=O)CC/C=C\C/C=C\C/C=C\C/C=C\CC)OC(=O)CCCCCCCCCCCCCCCCCCCC. The van der Waals surface area contributed by atoms with Crippen molar-refractivity contribution < 1.29 is 28.6 Å². The number of unbranched alkanes of at least 4 members (excludes halogenated alkanes) is 20. The lowest BCUT2D eigenvalue weighted by Gasteiger charge is -2.18. The van der Waals surface area contributed by atoms with Crippen LogP contribution in [0.25, 0.3) is 0 Å². The molecule has 68 heavy (non-hydrogen) atoms. The molecular weight excluding hydrogens is 841 g/mol. The minimum atomic E-state index is -0.821. The summed E-state index contributed by atoms with van der Waals surface area (Å²) >= 11 is 0. The van der Waals surface area contributed by atoms with Crippen LogP contribution in [0.5, 0.6) is 0 Å². The molecule has 0 saturated carbocycles. The van der Waals surface area contributed by atoms with Crippen molar-refractivity contribution in [1.82, 2.24) is 0 Å². The third kappa shape index (κ3) is 53.0. The van der Waals surface area contributed by atoms with Crippen molar-refractivity contribution in [3.8, 4) is 0 Å². The summed E-state index contributed by atoms with van der Waals surface area (Å²) in [4.78, 5) is 38.1. The smallest absolute Gasteiger partial charge is 0.306 e. The summed E-state index contributed by atoms with van der Waals surface area (Å²) in [5.74, 6) is -1.03. The van der Waals surface area contributed by atoms with Gasteiger partial charge in [0.15, 0.2) is 6.10 Å². The van der Waals surface area contributed by atoms with Crippen molar-refractivity contribution in [2.75, 3.05) is 13.2 Å². The number of carbonyl (C=O) groups excluding carboxylic acids is 3. The Labute approximate surface area is 419 Å². The molecule has 0 fully saturated rings. The number of esters is 3. The molecule has 0 spiro atoms. The van der Waals surface area contributed by atoms with Gasteiger partial charge in [-0.3, -0.25) is 14.4 Å². The molecule has 0 amide bonds. The monoisotopic (exact) mass is 943 g/mol. The van der Waals surface area contributed by atoms with Crippen molar-refractivity contribution >= 4 is 17.9 Å². The molecule has 0 radical (unpaired) electrons. The van der Waals surface area contributed by atoms with Crippen molar-refractivity contribution in [2.24, 2.45) is 0 Å². The van der Waals surface area contributed by atoms with E-state index >= 15 is 0 Å². The van der Waals surface area contributed by atoms with Gasteiger partial charge in [-0.25, -0.2) is 0 Å². The van der Waals surface area contributed by atoms with Gasteiger partial charge in [0, 0.05) is 19.3 Å². The van der Waals surface area contributed by atoms with Crippen LogP contribution in [0.15, 0.2) is 109 Å². The van der Waals surface area contributed by atoms with E-state index in [4.69, 9.17) is 14.2 Å². The number of hydrogen-bond acceptors (Lipinski definition) is 6. The first-order valence-electron chi connectivity index (χ1n) is 27.9. The topological polar surface area (TPSA) is 78.9 Å². The fraction of sp³-hybridized carbons (Fsp3) is 0.661. The standard InChI is InChI=1S/C62H102O6/c1-4-7-10-13-16-19-22-25-27-29-31-33-34-37-40-43-46-49-52-55-61(64)67-58-59(57-66-60(63)54-51-48-45-42-39-36-24-21-18-15-12-9-6-3)68-62(65)56-53-50-47-44-41-38-35-32-30-28-26-23-20-17-14-11-8-5-2/h7,9-10,12,16,18-19,21,25,27,31,33,36-37,39-40,45,48,59H,4-6,8,11,13-15,17,20,22-24,26,28-30,32,34-35,38,41-44,46-47,49-58H2,1-3H3/b10-7-,12-9-,19-16-,21-18-,27-25-,33-31-,39-36-,40-37-,48-45-. The fourth-order valence-corrected chi connectivity index (χ4v) is 7.42. The maximum absolute atomic E-state index is 12.8. The maximum Gasteiger partial charge on any atom is 0.306 e. The Hall–Kier alpha value is -3.93. The molecule has 0 aromatic carbocycles. The van der Waals surface area contributed by atoms with E-state index in [-0.39, 0.29) is 37.5 Å². The van der Waals surface area contributed by atoms with Crippen LogP contribution in [0.3, 0.4) is 0 Å². The Balaban J connectivity index is 4.49. The third-order valence-corrected chi connectivity index (χ3v) is 11.5. The van der Waals surface area contributed by atoms with Crippen LogP contribution in [0.4, 0.5) is 0 Å². The average molecular weight is 943 g/mol. The highest BCUT2D eigenvalue weighted by Crippen LogP contribution is 2.15. The summed E-state index contributed by atoms with van der Waals surface area (Å²) in [6.45, 7) is 6.32. The molecule has 0 aromatic rings. The van der Waals surface area contributed by atoms with E-state index in [0.717, 1.165) is 103 Å². The second-order valence-electron chi connectivity index (χ2n) is 18.1. The third-order valence-electron chi connectivity index (χ3n) is 11.5. The average Bonchev–Trinajstić information content (AvgIpc) is 3.34. The first-order valence-corrected chi connectivity index (χ1v) is 27.9. The Morgan fingerprint density at radius 2 is 0.603 bits per heavy atom. The van der Waals surface area contributed by atoms with Crippen LogP contribution in [0, 0.1) is 0 Å². The molecule has 0 aliphatic heterocycles. The number of hydrogen-bond donors (Lipinski definition) is 0. The Bertz CT molecular complexity index is 1410. The van der Waals surface area contributed by atoms with E-state index in [1.807, 2.05) is 12.2 Å². The lowest BCUT2D eigenvalue weighted by atomic mass is 10.0. The van der Waals surface area contributed by atoms with Gasteiger partial charge in [-0.05, 0) is 89.9 Å². The van der Waals surface area contributed by atoms with Crippen LogP contribution < -0.4 is 0 Å². The summed E-state index contributed by atoms with van der Waals surface area (Å²) in [6, 6.07) is 0. The molecule has 0 aromatic heterocycles. The highest BCUT2D eigenvalue weighted by atomic mass is 16.6. The quantitative estimate of drug-likeness (QED) is 0.0262. The lowest BCUT2D eigenvalue weighted by Crippen LogP contribution is -2.30. The van der Waals surface area contributed by atoms with E-state index in [1.165, 1.54) is 96.3 Å². The normalized spacial score (nSPS) is 12.9. The van der Waals surface area contributed by atoms with Gasteiger partial charge in [-0.15, -0.1) is 0 Å². The van der Waals surface area contributed by atoms with E-state index in [9.17, 15) is 14.4 Å². The van der Waals surface area contributed by atoms with Crippen molar-refractivity contribution in [3.63, 3.8) is 0 Å². The molecule has 0 saturated heterocycles. The molecule has 386 valence electrons. The number of carbonyl (C=O) groups is 3. The first-order chi connectivity index (χ1) is 33.5. The number of ether oxygens (including phenoxy) is 3. The number of allylic oxidation sites excluding steroid dienone is 18. The van der Waals surface area contributed by atoms with E-state index < -0.39 is 6.10 Å².